The van der Waals surface area contributed by atoms with Crippen molar-refractivity contribution in [3.8, 4) is 5.75 Å². The van der Waals surface area contributed by atoms with Gasteiger partial charge in [0.1, 0.15) is 11.3 Å². The molecule has 1 aromatic carbocycles. The van der Waals surface area contributed by atoms with Crippen molar-refractivity contribution < 1.29 is 19.4 Å². The van der Waals surface area contributed by atoms with Crippen LogP contribution in [0.3, 0.4) is 0 Å². The normalized spacial score (nSPS) is 13.5. The zero-order valence-electron chi connectivity index (χ0n) is 12.8. The summed E-state index contributed by atoms with van der Waals surface area (Å²) in [6, 6.07) is 7.47. The third-order valence-electron chi connectivity index (χ3n) is 3.27. The van der Waals surface area contributed by atoms with Crippen molar-refractivity contribution in [1.29, 1.82) is 0 Å². The quantitative estimate of drug-likeness (QED) is 0.571. The van der Waals surface area contributed by atoms with Crippen molar-refractivity contribution in [2.45, 2.75) is 19.0 Å². The Labute approximate surface area is 125 Å². The predicted molar refractivity (Wildman–Crippen MR) is 80.2 cm³/mol. The van der Waals surface area contributed by atoms with E-state index in [0.717, 1.165) is 11.3 Å². The minimum Gasteiger partial charge on any atom is -0.496 e. The van der Waals surface area contributed by atoms with E-state index in [1.165, 1.54) is 0 Å². The fourth-order valence-electron chi connectivity index (χ4n) is 1.86. The van der Waals surface area contributed by atoms with Crippen LogP contribution in [-0.2, 0) is 16.1 Å². The third-order valence-corrected chi connectivity index (χ3v) is 3.27. The summed E-state index contributed by atoms with van der Waals surface area (Å²) in [5.74, 6) is 0.447. The first-order valence-electron chi connectivity index (χ1n) is 6.82. The SMILES string of the molecule is COCCNC(C)(CO)C(=O)NCc1ccccc1OC. The number of aliphatic hydroxyl groups is 1. The summed E-state index contributed by atoms with van der Waals surface area (Å²) in [5, 5.41) is 15.3. The van der Waals surface area contributed by atoms with Crippen LogP contribution in [0.1, 0.15) is 12.5 Å². The van der Waals surface area contributed by atoms with Gasteiger partial charge in [0, 0.05) is 25.8 Å². The number of hydrogen-bond donors (Lipinski definition) is 3. The monoisotopic (exact) mass is 296 g/mol. The van der Waals surface area contributed by atoms with Crippen LogP contribution in [0, 0.1) is 0 Å². The Morgan fingerprint density at radius 2 is 2.05 bits per heavy atom. The number of hydrogen-bond acceptors (Lipinski definition) is 5. The van der Waals surface area contributed by atoms with E-state index in [0.29, 0.717) is 19.7 Å². The number of aliphatic hydroxyl groups excluding tert-OH is 1. The molecule has 6 nitrogen and oxygen atoms in total. The summed E-state index contributed by atoms with van der Waals surface area (Å²) >= 11 is 0. The van der Waals surface area contributed by atoms with Gasteiger partial charge in [0.25, 0.3) is 0 Å². The Morgan fingerprint density at radius 3 is 2.67 bits per heavy atom. The van der Waals surface area contributed by atoms with E-state index < -0.39 is 5.54 Å². The van der Waals surface area contributed by atoms with E-state index >= 15 is 0 Å². The number of carbonyl (C=O) groups excluding carboxylic acids is 1. The summed E-state index contributed by atoms with van der Waals surface area (Å²) in [5.41, 5.74) is -0.161. The van der Waals surface area contributed by atoms with Gasteiger partial charge in [-0.3, -0.25) is 10.1 Å². The first-order chi connectivity index (χ1) is 10.1. The lowest BCUT2D eigenvalue weighted by molar-refractivity contribution is -0.128. The van der Waals surface area contributed by atoms with Gasteiger partial charge in [-0.1, -0.05) is 18.2 Å². The molecule has 3 N–H and O–H groups in total. The number of ether oxygens (including phenoxy) is 2. The molecule has 118 valence electrons. The number of carbonyl (C=O) groups is 1. The molecule has 1 unspecified atom stereocenters. The molecule has 0 saturated carbocycles. The standard InChI is InChI=1S/C15H24N2O4/c1-15(11-18,17-8-9-20-2)14(19)16-10-12-6-4-5-7-13(12)21-3/h4-7,17-18H,8-11H2,1-3H3,(H,16,19). The average molecular weight is 296 g/mol. The van der Waals surface area contributed by atoms with Gasteiger partial charge in [-0.25, -0.2) is 0 Å². The van der Waals surface area contributed by atoms with Gasteiger partial charge in [-0.2, -0.15) is 0 Å². The maximum Gasteiger partial charge on any atom is 0.242 e. The Hall–Kier alpha value is -1.63. The Balaban J connectivity index is 2.61. The molecular formula is C15H24N2O4. The third kappa shape index (κ3) is 5.00. The number of para-hydroxylation sites is 1. The van der Waals surface area contributed by atoms with Crippen LogP contribution in [-0.4, -0.2) is 50.5 Å². The van der Waals surface area contributed by atoms with Crippen LogP contribution >= 0.6 is 0 Å². The minimum atomic E-state index is -1.04. The minimum absolute atomic E-state index is 0.271. The molecule has 0 aliphatic heterocycles. The fraction of sp³-hybridized carbons (Fsp3) is 0.533. The van der Waals surface area contributed by atoms with Gasteiger partial charge in [0.15, 0.2) is 0 Å². The van der Waals surface area contributed by atoms with Crippen LogP contribution in [0.15, 0.2) is 24.3 Å². The first kappa shape index (κ1) is 17.4. The molecule has 0 aliphatic carbocycles. The number of methoxy groups -OCH3 is 2. The van der Waals surface area contributed by atoms with Crippen LogP contribution in [0.25, 0.3) is 0 Å². The van der Waals surface area contributed by atoms with Crippen LogP contribution in [0.2, 0.25) is 0 Å². The van der Waals surface area contributed by atoms with Crippen LogP contribution < -0.4 is 15.4 Å². The maximum atomic E-state index is 12.2. The molecule has 0 bridgehead atoms. The van der Waals surface area contributed by atoms with Crippen molar-refractivity contribution in [2.75, 3.05) is 34.0 Å². The number of nitrogens with one attached hydrogen (secondary N) is 2. The lowest BCUT2D eigenvalue weighted by Gasteiger charge is -2.27. The molecule has 21 heavy (non-hydrogen) atoms. The molecule has 1 aromatic rings. The zero-order chi connectivity index (χ0) is 15.7. The highest BCUT2D eigenvalue weighted by atomic mass is 16.5. The van der Waals surface area contributed by atoms with Gasteiger partial charge in [-0.15, -0.1) is 0 Å². The summed E-state index contributed by atoms with van der Waals surface area (Å²) in [7, 11) is 3.17. The van der Waals surface area contributed by atoms with Gasteiger partial charge in [0.05, 0.1) is 20.3 Å². The second-order valence-electron chi connectivity index (χ2n) is 4.90. The molecule has 1 rings (SSSR count). The van der Waals surface area contributed by atoms with E-state index in [9.17, 15) is 9.90 Å². The summed E-state index contributed by atoms with van der Waals surface area (Å²) in [6.07, 6.45) is 0. The highest BCUT2D eigenvalue weighted by molar-refractivity contribution is 5.86. The van der Waals surface area contributed by atoms with Crippen LogP contribution in [0.4, 0.5) is 0 Å². The molecular weight excluding hydrogens is 272 g/mol. The predicted octanol–water partition coefficient (Wildman–Crippen LogP) is 0.298. The van der Waals surface area contributed by atoms with Gasteiger partial charge < -0.3 is 19.9 Å². The maximum absolute atomic E-state index is 12.2. The molecule has 0 fully saturated rings. The van der Waals surface area contributed by atoms with E-state index in [1.807, 2.05) is 24.3 Å². The Bertz CT molecular complexity index is 453. The summed E-state index contributed by atoms with van der Waals surface area (Å²) in [6.45, 7) is 2.64. The Morgan fingerprint density at radius 1 is 1.33 bits per heavy atom. The largest absolute Gasteiger partial charge is 0.496 e. The van der Waals surface area contributed by atoms with Crippen molar-refractivity contribution in [2.24, 2.45) is 0 Å². The number of benzene rings is 1. The second kappa shape index (κ2) is 8.61. The van der Waals surface area contributed by atoms with Crippen molar-refractivity contribution in [3.63, 3.8) is 0 Å². The van der Waals surface area contributed by atoms with Gasteiger partial charge >= 0.3 is 0 Å². The smallest absolute Gasteiger partial charge is 0.242 e. The van der Waals surface area contributed by atoms with E-state index in [1.54, 1.807) is 21.1 Å². The lowest BCUT2D eigenvalue weighted by Crippen LogP contribution is -2.57. The van der Waals surface area contributed by atoms with Crippen molar-refractivity contribution >= 4 is 5.91 Å². The molecule has 0 aliphatic rings. The first-order valence-corrected chi connectivity index (χ1v) is 6.82. The van der Waals surface area contributed by atoms with E-state index in [2.05, 4.69) is 10.6 Å². The molecule has 6 heteroatoms. The van der Waals surface area contributed by atoms with Gasteiger partial charge in [0.2, 0.25) is 5.91 Å². The zero-order valence-corrected chi connectivity index (χ0v) is 12.8. The summed E-state index contributed by atoms with van der Waals surface area (Å²) in [4.78, 5) is 12.2. The lowest BCUT2D eigenvalue weighted by atomic mass is 10.0. The molecule has 0 radical (unpaired) electrons. The molecule has 0 aromatic heterocycles. The molecule has 0 saturated heterocycles. The van der Waals surface area contributed by atoms with Crippen LogP contribution in [0.5, 0.6) is 5.75 Å². The molecule has 0 heterocycles. The molecule has 1 atom stereocenters. The summed E-state index contributed by atoms with van der Waals surface area (Å²) < 4.78 is 10.2. The van der Waals surface area contributed by atoms with E-state index in [-0.39, 0.29) is 12.5 Å². The average Bonchev–Trinajstić information content (AvgIpc) is 2.52. The number of amides is 1. The van der Waals surface area contributed by atoms with E-state index in [4.69, 9.17) is 9.47 Å². The fourth-order valence-corrected chi connectivity index (χ4v) is 1.86. The Kier molecular flexibility index (Phi) is 7.14. The number of rotatable bonds is 9. The molecule has 0 spiro atoms. The highest BCUT2D eigenvalue weighted by Gasteiger charge is 2.31. The second-order valence-corrected chi connectivity index (χ2v) is 4.90. The van der Waals surface area contributed by atoms with Crippen molar-refractivity contribution in [1.82, 2.24) is 10.6 Å². The topological polar surface area (TPSA) is 79.8 Å². The molecule has 1 amide bonds. The highest BCUT2D eigenvalue weighted by Crippen LogP contribution is 2.17. The van der Waals surface area contributed by atoms with Crippen molar-refractivity contribution in [3.05, 3.63) is 29.8 Å². The van der Waals surface area contributed by atoms with Gasteiger partial charge in [-0.05, 0) is 13.0 Å².